The Bertz CT molecular complexity index is 1120. The molecule has 2 aromatic carbocycles. The van der Waals surface area contributed by atoms with Gasteiger partial charge in [0.2, 0.25) is 5.91 Å². The van der Waals surface area contributed by atoms with Crippen LogP contribution in [0.2, 0.25) is 5.02 Å². The highest BCUT2D eigenvalue weighted by atomic mass is 35.5. The van der Waals surface area contributed by atoms with Gasteiger partial charge >= 0.3 is 0 Å². The first-order chi connectivity index (χ1) is 14.2. The van der Waals surface area contributed by atoms with Crippen LogP contribution in [0.25, 0.3) is 0 Å². The summed E-state index contributed by atoms with van der Waals surface area (Å²) in [6.45, 7) is 7.33. The molecule has 1 heterocycles. The monoisotopic (exact) mass is 429 g/mol. The van der Waals surface area contributed by atoms with Gasteiger partial charge in [0.05, 0.1) is 10.7 Å². The molecule has 0 spiro atoms. The van der Waals surface area contributed by atoms with Crippen LogP contribution in [0.3, 0.4) is 0 Å². The lowest BCUT2D eigenvalue weighted by atomic mass is 10.0. The average Bonchev–Trinajstić information content (AvgIpc) is 3.01. The summed E-state index contributed by atoms with van der Waals surface area (Å²) in [5.41, 5.74) is 4.66. The van der Waals surface area contributed by atoms with Crippen molar-refractivity contribution in [1.29, 1.82) is 0 Å². The second kappa shape index (κ2) is 8.62. The van der Waals surface area contributed by atoms with Crippen molar-refractivity contribution >= 4 is 34.8 Å². The molecule has 156 valence electrons. The van der Waals surface area contributed by atoms with Crippen LogP contribution in [0.15, 0.2) is 30.3 Å². The van der Waals surface area contributed by atoms with Crippen LogP contribution in [0.5, 0.6) is 0 Å². The number of benzene rings is 2. The summed E-state index contributed by atoms with van der Waals surface area (Å²) in [5.74, 6) is -1.39. The Labute approximate surface area is 178 Å². The second-order valence-electron chi connectivity index (χ2n) is 7.09. The van der Waals surface area contributed by atoms with Crippen molar-refractivity contribution in [3.05, 3.63) is 69.2 Å². The zero-order chi connectivity index (χ0) is 22.0. The third kappa shape index (κ3) is 4.65. The van der Waals surface area contributed by atoms with E-state index >= 15 is 0 Å². The summed E-state index contributed by atoms with van der Waals surface area (Å²) in [6, 6.07) is 7.85. The van der Waals surface area contributed by atoms with E-state index in [1.54, 1.807) is 6.92 Å². The molecule has 0 saturated heterocycles. The normalized spacial score (nSPS) is 10.7. The van der Waals surface area contributed by atoms with Gasteiger partial charge in [0.1, 0.15) is 12.4 Å². The van der Waals surface area contributed by atoms with Crippen LogP contribution >= 0.6 is 11.6 Å². The first-order valence-corrected chi connectivity index (χ1v) is 9.57. The Kier molecular flexibility index (Phi) is 6.17. The number of amides is 2. The van der Waals surface area contributed by atoms with E-state index in [1.165, 1.54) is 16.8 Å². The minimum Gasteiger partial charge on any atom is -0.324 e. The van der Waals surface area contributed by atoms with Crippen LogP contribution in [-0.2, 0) is 11.3 Å². The summed E-state index contributed by atoms with van der Waals surface area (Å²) in [5, 5.41) is 13.2. The zero-order valence-corrected chi connectivity index (χ0v) is 17.8. The lowest BCUT2D eigenvalue weighted by molar-refractivity contribution is -0.117. The number of anilines is 2. The average molecular weight is 430 g/mol. The molecule has 2 N–H and O–H groups in total. The molecule has 9 heteroatoms. The minimum absolute atomic E-state index is 0.0922. The number of carbonyl (C=O) groups is 2. The maximum Gasteiger partial charge on any atom is 0.278 e. The third-order valence-corrected chi connectivity index (χ3v) is 4.90. The smallest absolute Gasteiger partial charge is 0.278 e. The first-order valence-electron chi connectivity index (χ1n) is 9.20. The van der Waals surface area contributed by atoms with Crippen molar-refractivity contribution in [3.63, 3.8) is 0 Å². The molecule has 0 saturated carbocycles. The lowest BCUT2D eigenvalue weighted by Crippen LogP contribution is -2.21. The van der Waals surface area contributed by atoms with E-state index in [-0.39, 0.29) is 17.3 Å². The molecular weight excluding hydrogens is 409 g/mol. The van der Waals surface area contributed by atoms with E-state index in [1.807, 2.05) is 32.9 Å². The van der Waals surface area contributed by atoms with Crippen LogP contribution in [-0.4, -0.2) is 26.8 Å². The third-order valence-electron chi connectivity index (χ3n) is 4.61. The molecule has 2 amide bonds. The van der Waals surface area contributed by atoms with Crippen LogP contribution < -0.4 is 10.6 Å². The van der Waals surface area contributed by atoms with Gasteiger partial charge in [-0.1, -0.05) is 34.5 Å². The number of nitrogens with one attached hydrogen (secondary N) is 2. The van der Waals surface area contributed by atoms with Crippen LogP contribution in [0.1, 0.15) is 32.9 Å². The summed E-state index contributed by atoms with van der Waals surface area (Å²) in [7, 11) is 0. The maximum absolute atomic E-state index is 13.2. The Hall–Kier alpha value is -3.26. The quantitative estimate of drug-likeness (QED) is 0.636. The van der Waals surface area contributed by atoms with Gasteiger partial charge < -0.3 is 10.6 Å². The molecule has 7 nitrogen and oxygen atoms in total. The molecule has 3 aromatic rings. The molecule has 0 unspecified atom stereocenters. The van der Waals surface area contributed by atoms with Gasteiger partial charge in [0.15, 0.2) is 5.69 Å². The predicted molar refractivity (Wildman–Crippen MR) is 113 cm³/mol. The van der Waals surface area contributed by atoms with Gasteiger partial charge in [-0.05, 0) is 57.0 Å². The summed E-state index contributed by atoms with van der Waals surface area (Å²) < 4.78 is 14.6. The molecule has 0 fully saturated rings. The number of halogens is 2. The van der Waals surface area contributed by atoms with Crippen molar-refractivity contribution in [1.82, 2.24) is 15.0 Å². The molecule has 30 heavy (non-hydrogen) atoms. The van der Waals surface area contributed by atoms with E-state index < -0.39 is 17.6 Å². The highest BCUT2D eigenvalue weighted by Gasteiger charge is 2.19. The van der Waals surface area contributed by atoms with E-state index in [9.17, 15) is 14.0 Å². The minimum atomic E-state index is -0.573. The predicted octanol–water partition coefficient (Wildman–Crippen LogP) is 4.20. The standard InChI is InChI=1S/C21H21ClFN5O2/c1-11-7-12(2)19(13(3)8-11)25-21(30)20-14(4)28(27-26-20)10-18(29)24-15-5-6-17(23)16(22)9-15/h5-9H,10H2,1-4H3,(H,24,29)(H,25,30). The van der Waals surface area contributed by atoms with Crippen molar-refractivity contribution in [2.45, 2.75) is 34.2 Å². The fraction of sp³-hybridized carbons (Fsp3) is 0.238. The number of hydrogen-bond donors (Lipinski definition) is 2. The van der Waals surface area contributed by atoms with Crippen LogP contribution in [0, 0.1) is 33.5 Å². The Morgan fingerprint density at radius 3 is 2.37 bits per heavy atom. The largest absolute Gasteiger partial charge is 0.324 e. The molecule has 0 aliphatic rings. The number of carbonyl (C=O) groups excluding carboxylic acids is 2. The number of rotatable bonds is 5. The van der Waals surface area contributed by atoms with Gasteiger partial charge in [-0.2, -0.15) is 0 Å². The Morgan fingerprint density at radius 2 is 1.73 bits per heavy atom. The second-order valence-corrected chi connectivity index (χ2v) is 7.49. The van der Waals surface area contributed by atoms with E-state index in [0.717, 1.165) is 28.4 Å². The highest BCUT2D eigenvalue weighted by molar-refractivity contribution is 6.31. The molecular formula is C21H21ClFN5O2. The van der Waals surface area contributed by atoms with Crippen LogP contribution in [0.4, 0.5) is 15.8 Å². The topological polar surface area (TPSA) is 88.9 Å². The van der Waals surface area contributed by atoms with Gasteiger partial charge in [-0.15, -0.1) is 5.10 Å². The molecule has 1 aromatic heterocycles. The number of hydrogen-bond acceptors (Lipinski definition) is 4. The van der Waals surface area contributed by atoms with Crippen molar-refractivity contribution in [2.75, 3.05) is 10.6 Å². The maximum atomic E-state index is 13.2. The van der Waals surface area contributed by atoms with Gasteiger partial charge in [-0.25, -0.2) is 9.07 Å². The fourth-order valence-corrected chi connectivity index (χ4v) is 3.36. The molecule has 0 aliphatic heterocycles. The fourth-order valence-electron chi connectivity index (χ4n) is 3.18. The van der Waals surface area contributed by atoms with Gasteiger partial charge in [0.25, 0.3) is 5.91 Å². The Balaban J connectivity index is 1.71. The molecule has 0 radical (unpaired) electrons. The van der Waals surface area contributed by atoms with E-state index in [4.69, 9.17) is 11.6 Å². The molecule has 3 rings (SSSR count). The van der Waals surface area contributed by atoms with Gasteiger partial charge in [0, 0.05) is 11.4 Å². The van der Waals surface area contributed by atoms with E-state index in [2.05, 4.69) is 20.9 Å². The first kappa shape index (κ1) is 21.4. The van der Waals surface area contributed by atoms with Crippen molar-refractivity contribution in [2.24, 2.45) is 0 Å². The summed E-state index contributed by atoms with van der Waals surface area (Å²) in [4.78, 5) is 25.0. The summed E-state index contributed by atoms with van der Waals surface area (Å²) >= 11 is 5.72. The lowest BCUT2D eigenvalue weighted by Gasteiger charge is -2.12. The van der Waals surface area contributed by atoms with Gasteiger partial charge in [-0.3, -0.25) is 9.59 Å². The molecule has 0 aliphatic carbocycles. The van der Waals surface area contributed by atoms with Crippen molar-refractivity contribution < 1.29 is 14.0 Å². The Morgan fingerprint density at radius 1 is 1.07 bits per heavy atom. The number of aryl methyl sites for hydroxylation is 3. The molecule has 0 atom stereocenters. The zero-order valence-electron chi connectivity index (χ0n) is 17.0. The van der Waals surface area contributed by atoms with E-state index in [0.29, 0.717) is 11.4 Å². The number of aromatic nitrogens is 3. The summed E-state index contributed by atoms with van der Waals surface area (Å²) in [6.07, 6.45) is 0. The number of nitrogens with zero attached hydrogens (tertiary/aromatic N) is 3. The highest BCUT2D eigenvalue weighted by Crippen LogP contribution is 2.23. The SMILES string of the molecule is Cc1cc(C)c(NC(=O)c2nnn(CC(=O)Nc3ccc(F)c(Cl)c3)c2C)c(C)c1. The molecule has 0 bridgehead atoms. The van der Waals surface area contributed by atoms with Crippen molar-refractivity contribution in [3.8, 4) is 0 Å².